The lowest BCUT2D eigenvalue weighted by Crippen LogP contribution is -2.36. The van der Waals surface area contributed by atoms with Crippen LogP contribution < -0.4 is 9.64 Å². The number of hydrogen-bond donors (Lipinski definition) is 0. The molecule has 2 heterocycles. The number of fused-ring (bicyclic) bond motifs is 1. The molecule has 1 aliphatic heterocycles. The Balaban J connectivity index is 1.95. The van der Waals surface area contributed by atoms with E-state index in [1.54, 1.807) is 7.11 Å². The fourth-order valence-corrected chi connectivity index (χ4v) is 2.19. The molecule has 1 aromatic heterocycles. The quantitative estimate of drug-likeness (QED) is 0.810. The molecule has 0 bridgehead atoms. The Kier molecular flexibility index (Phi) is 3.02. The molecule has 0 saturated carbocycles. The van der Waals surface area contributed by atoms with Crippen molar-refractivity contribution in [2.24, 2.45) is 0 Å². The average Bonchev–Trinajstić information content (AvgIpc) is 2.47. The number of aromatic nitrogens is 1. The second-order valence-corrected chi connectivity index (χ2v) is 4.33. The smallest absolute Gasteiger partial charge is 0.129 e. The zero-order valence-electron chi connectivity index (χ0n) is 10.4. The van der Waals surface area contributed by atoms with Gasteiger partial charge in [-0.15, -0.1) is 0 Å². The van der Waals surface area contributed by atoms with Crippen LogP contribution in [0.3, 0.4) is 0 Å². The largest absolute Gasteiger partial charge is 0.497 e. The van der Waals surface area contributed by atoms with E-state index in [-0.39, 0.29) is 0 Å². The summed E-state index contributed by atoms with van der Waals surface area (Å²) in [6.45, 7) is 3.38. The van der Waals surface area contributed by atoms with Gasteiger partial charge in [0.25, 0.3) is 0 Å². The van der Waals surface area contributed by atoms with Crippen molar-refractivity contribution in [3.05, 3.63) is 30.3 Å². The summed E-state index contributed by atoms with van der Waals surface area (Å²) in [5, 5.41) is 1.10. The average molecular weight is 244 g/mol. The number of ether oxygens (including phenoxy) is 2. The summed E-state index contributed by atoms with van der Waals surface area (Å²) in [6, 6.07) is 10.1. The van der Waals surface area contributed by atoms with Crippen molar-refractivity contribution in [1.82, 2.24) is 4.98 Å². The maximum atomic E-state index is 5.35. The van der Waals surface area contributed by atoms with Gasteiger partial charge in [0.2, 0.25) is 0 Å². The summed E-state index contributed by atoms with van der Waals surface area (Å²) in [6.07, 6.45) is 0. The lowest BCUT2D eigenvalue weighted by molar-refractivity contribution is 0.122. The first-order valence-corrected chi connectivity index (χ1v) is 6.14. The van der Waals surface area contributed by atoms with E-state index in [0.29, 0.717) is 0 Å². The summed E-state index contributed by atoms with van der Waals surface area (Å²) in [5.41, 5.74) is 1.000. The van der Waals surface area contributed by atoms with Crippen molar-refractivity contribution in [3.8, 4) is 5.75 Å². The third-order valence-corrected chi connectivity index (χ3v) is 3.22. The van der Waals surface area contributed by atoms with Crippen molar-refractivity contribution in [2.45, 2.75) is 0 Å². The third-order valence-electron chi connectivity index (χ3n) is 3.22. The van der Waals surface area contributed by atoms with Crippen LogP contribution in [0.15, 0.2) is 30.3 Å². The standard InChI is InChI=1S/C14H16N2O2/c1-17-12-3-4-13-11(10-12)2-5-14(15-13)16-6-8-18-9-7-16/h2-5,10H,6-9H2,1H3. The lowest BCUT2D eigenvalue weighted by Gasteiger charge is -2.27. The van der Waals surface area contributed by atoms with E-state index < -0.39 is 0 Å². The molecule has 0 amide bonds. The van der Waals surface area contributed by atoms with Crippen LogP contribution in [0, 0.1) is 0 Å². The number of rotatable bonds is 2. The molecular weight excluding hydrogens is 228 g/mol. The molecule has 0 spiro atoms. The molecule has 0 unspecified atom stereocenters. The van der Waals surface area contributed by atoms with Crippen LogP contribution in [0.2, 0.25) is 0 Å². The lowest BCUT2D eigenvalue weighted by atomic mass is 10.2. The van der Waals surface area contributed by atoms with Crippen molar-refractivity contribution in [2.75, 3.05) is 38.3 Å². The van der Waals surface area contributed by atoms with E-state index in [9.17, 15) is 0 Å². The van der Waals surface area contributed by atoms with Crippen molar-refractivity contribution in [1.29, 1.82) is 0 Å². The van der Waals surface area contributed by atoms with Crippen LogP contribution in [0.25, 0.3) is 10.9 Å². The molecule has 1 fully saturated rings. The van der Waals surface area contributed by atoms with Crippen LogP contribution in [0.4, 0.5) is 5.82 Å². The minimum atomic E-state index is 0.780. The predicted octanol–water partition coefficient (Wildman–Crippen LogP) is 2.08. The molecule has 94 valence electrons. The Morgan fingerprint density at radius 1 is 1.17 bits per heavy atom. The molecule has 1 saturated heterocycles. The van der Waals surface area contributed by atoms with Crippen LogP contribution in [0.5, 0.6) is 5.75 Å². The van der Waals surface area contributed by atoms with E-state index in [1.165, 1.54) is 0 Å². The van der Waals surface area contributed by atoms with Gasteiger partial charge in [-0.3, -0.25) is 0 Å². The number of morpholine rings is 1. The molecule has 18 heavy (non-hydrogen) atoms. The topological polar surface area (TPSA) is 34.6 Å². The molecule has 4 heteroatoms. The maximum absolute atomic E-state index is 5.35. The summed E-state index contributed by atoms with van der Waals surface area (Å²) in [7, 11) is 1.68. The van der Waals surface area contributed by atoms with Crippen LogP contribution >= 0.6 is 0 Å². The number of anilines is 1. The van der Waals surface area contributed by atoms with Gasteiger partial charge in [0.15, 0.2) is 0 Å². The molecule has 3 rings (SSSR count). The van der Waals surface area contributed by atoms with Gasteiger partial charge in [0.05, 0.1) is 25.8 Å². The summed E-state index contributed by atoms with van der Waals surface area (Å²) >= 11 is 0. The highest BCUT2D eigenvalue weighted by Crippen LogP contribution is 2.22. The van der Waals surface area contributed by atoms with Crippen molar-refractivity contribution < 1.29 is 9.47 Å². The number of hydrogen-bond acceptors (Lipinski definition) is 4. The monoisotopic (exact) mass is 244 g/mol. The maximum Gasteiger partial charge on any atom is 0.129 e. The summed E-state index contributed by atoms with van der Waals surface area (Å²) in [5.74, 6) is 1.89. The summed E-state index contributed by atoms with van der Waals surface area (Å²) in [4.78, 5) is 6.95. The first-order valence-electron chi connectivity index (χ1n) is 6.14. The highest BCUT2D eigenvalue weighted by molar-refractivity contribution is 5.81. The van der Waals surface area contributed by atoms with E-state index >= 15 is 0 Å². The molecule has 0 aliphatic carbocycles. The Bertz CT molecular complexity index is 550. The highest BCUT2D eigenvalue weighted by atomic mass is 16.5. The number of methoxy groups -OCH3 is 1. The minimum Gasteiger partial charge on any atom is -0.497 e. The van der Waals surface area contributed by atoms with Crippen molar-refractivity contribution >= 4 is 16.7 Å². The zero-order chi connectivity index (χ0) is 12.4. The predicted molar refractivity (Wildman–Crippen MR) is 71.3 cm³/mol. The Hall–Kier alpha value is -1.81. The van der Waals surface area contributed by atoms with Gasteiger partial charge in [-0.2, -0.15) is 0 Å². The van der Waals surface area contributed by atoms with Gasteiger partial charge in [-0.25, -0.2) is 4.98 Å². The van der Waals surface area contributed by atoms with Crippen molar-refractivity contribution in [3.63, 3.8) is 0 Å². The van der Waals surface area contributed by atoms with Gasteiger partial charge >= 0.3 is 0 Å². The molecule has 1 aromatic carbocycles. The molecular formula is C14H16N2O2. The molecule has 0 atom stereocenters. The Morgan fingerprint density at radius 2 is 2.00 bits per heavy atom. The van der Waals surface area contributed by atoms with E-state index in [2.05, 4.69) is 22.0 Å². The number of pyridine rings is 1. The number of nitrogens with zero attached hydrogens (tertiary/aromatic N) is 2. The molecule has 4 nitrogen and oxygen atoms in total. The van der Waals surface area contributed by atoms with Gasteiger partial charge in [-0.05, 0) is 30.3 Å². The second-order valence-electron chi connectivity index (χ2n) is 4.33. The van der Waals surface area contributed by atoms with Gasteiger partial charge < -0.3 is 14.4 Å². The minimum absolute atomic E-state index is 0.780. The van der Waals surface area contributed by atoms with Crippen LogP contribution in [0.1, 0.15) is 0 Å². The molecule has 1 aliphatic rings. The fraction of sp³-hybridized carbons (Fsp3) is 0.357. The first kappa shape index (κ1) is 11.3. The second kappa shape index (κ2) is 4.82. The van der Waals surface area contributed by atoms with Gasteiger partial charge in [-0.1, -0.05) is 0 Å². The van der Waals surface area contributed by atoms with E-state index in [1.807, 2.05) is 18.2 Å². The Morgan fingerprint density at radius 3 is 2.78 bits per heavy atom. The molecule has 0 N–H and O–H groups in total. The molecule has 0 radical (unpaired) electrons. The zero-order valence-corrected chi connectivity index (χ0v) is 10.4. The first-order chi connectivity index (χ1) is 8.86. The van der Waals surface area contributed by atoms with Crippen LogP contribution in [-0.2, 0) is 4.74 Å². The van der Waals surface area contributed by atoms with E-state index in [4.69, 9.17) is 9.47 Å². The molecule has 2 aromatic rings. The van der Waals surface area contributed by atoms with E-state index in [0.717, 1.165) is 48.8 Å². The van der Waals surface area contributed by atoms with Gasteiger partial charge in [0.1, 0.15) is 11.6 Å². The highest BCUT2D eigenvalue weighted by Gasteiger charge is 2.12. The van der Waals surface area contributed by atoms with Crippen LogP contribution in [-0.4, -0.2) is 38.4 Å². The summed E-state index contributed by atoms with van der Waals surface area (Å²) < 4.78 is 10.6. The Labute approximate surface area is 106 Å². The normalized spacial score (nSPS) is 15.9. The fourth-order valence-electron chi connectivity index (χ4n) is 2.19. The SMILES string of the molecule is COc1ccc2nc(N3CCOCC3)ccc2c1. The number of benzene rings is 1. The third kappa shape index (κ3) is 2.11. The van der Waals surface area contributed by atoms with Gasteiger partial charge in [0, 0.05) is 18.5 Å².